The molecule has 1 aromatic carbocycles. The van der Waals surface area contributed by atoms with Gasteiger partial charge in [0.15, 0.2) is 0 Å². The molecule has 0 aliphatic rings. The molecule has 1 unspecified atom stereocenters. The van der Waals surface area contributed by atoms with Crippen molar-refractivity contribution in [3.8, 4) is 12.3 Å². The number of hydrogen-bond acceptors (Lipinski definition) is 1. The molecule has 0 fully saturated rings. The molecule has 1 aromatic rings. The highest BCUT2D eigenvalue weighted by atomic mass is 15.1. The predicted molar refractivity (Wildman–Crippen MR) is 66.4 cm³/mol. The summed E-state index contributed by atoms with van der Waals surface area (Å²) in [6, 6.07) is 10.5. The zero-order chi connectivity index (χ0) is 11.3. The van der Waals surface area contributed by atoms with Gasteiger partial charge in [-0.2, -0.15) is 0 Å². The van der Waals surface area contributed by atoms with Gasteiger partial charge in [0.1, 0.15) is 0 Å². The Morgan fingerprint density at radius 2 is 2.07 bits per heavy atom. The van der Waals surface area contributed by atoms with E-state index in [1.165, 1.54) is 5.56 Å². The molecule has 1 rings (SSSR count). The lowest BCUT2D eigenvalue weighted by molar-refractivity contribution is 0.343. The van der Waals surface area contributed by atoms with Gasteiger partial charge in [-0.25, -0.2) is 0 Å². The van der Waals surface area contributed by atoms with Crippen LogP contribution in [-0.4, -0.2) is 24.5 Å². The van der Waals surface area contributed by atoms with E-state index >= 15 is 0 Å². The molecule has 0 aromatic heterocycles. The van der Waals surface area contributed by atoms with Crippen LogP contribution in [0.15, 0.2) is 36.9 Å². The highest BCUT2D eigenvalue weighted by Crippen LogP contribution is 2.18. The van der Waals surface area contributed by atoms with E-state index in [2.05, 4.69) is 36.5 Å². The highest BCUT2D eigenvalue weighted by molar-refractivity contribution is 5.67. The van der Waals surface area contributed by atoms with E-state index in [9.17, 15) is 0 Å². The van der Waals surface area contributed by atoms with Crippen molar-refractivity contribution in [2.24, 2.45) is 0 Å². The third-order valence-electron chi connectivity index (χ3n) is 2.65. The molecule has 1 atom stereocenters. The van der Waals surface area contributed by atoms with Gasteiger partial charge in [-0.3, -0.25) is 4.90 Å². The van der Waals surface area contributed by atoms with Crippen LogP contribution >= 0.6 is 0 Å². The summed E-state index contributed by atoms with van der Waals surface area (Å²) in [5, 5.41) is 0. The van der Waals surface area contributed by atoms with Crippen molar-refractivity contribution in [1.29, 1.82) is 0 Å². The predicted octanol–water partition coefficient (Wildman–Crippen LogP) is 2.65. The molecule has 0 saturated heterocycles. The number of likely N-dealkylation sites (N-methyl/N-ethyl adjacent to an activating group) is 1. The summed E-state index contributed by atoms with van der Waals surface area (Å²) in [4.78, 5) is 2.11. The van der Waals surface area contributed by atoms with Gasteiger partial charge in [-0.1, -0.05) is 42.8 Å². The number of rotatable bonds is 4. The molecule has 0 spiro atoms. The topological polar surface area (TPSA) is 3.24 Å². The molecule has 78 valence electrons. The normalized spacial score (nSPS) is 12.1. The van der Waals surface area contributed by atoms with Crippen LogP contribution in [0.25, 0.3) is 5.57 Å². The molecule has 0 radical (unpaired) electrons. The standard InChI is InChI=1S/C14H17N/c1-5-11-15(4)13(3)12(2)14-9-7-6-8-10-14/h1,6-10,13H,2,11H2,3-4H3. The first-order valence-electron chi connectivity index (χ1n) is 5.04. The largest absolute Gasteiger partial charge is 0.289 e. The van der Waals surface area contributed by atoms with E-state index in [0.717, 1.165) is 5.57 Å². The summed E-state index contributed by atoms with van der Waals surface area (Å²) in [6.07, 6.45) is 5.28. The minimum atomic E-state index is 0.267. The van der Waals surface area contributed by atoms with E-state index in [1.54, 1.807) is 0 Å². The van der Waals surface area contributed by atoms with Gasteiger partial charge in [-0.15, -0.1) is 6.42 Å². The van der Waals surface area contributed by atoms with Gasteiger partial charge >= 0.3 is 0 Å². The molecule has 1 nitrogen and oxygen atoms in total. The van der Waals surface area contributed by atoms with E-state index in [1.807, 2.05) is 25.2 Å². The van der Waals surface area contributed by atoms with Crippen molar-refractivity contribution < 1.29 is 0 Å². The molecular weight excluding hydrogens is 182 g/mol. The van der Waals surface area contributed by atoms with Crippen LogP contribution in [0.4, 0.5) is 0 Å². The number of hydrogen-bond donors (Lipinski definition) is 0. The fourth-order valence-corrected chi connectivity index (χ4v) is 1.44. The maximum atomic E-state index is 5.28. The molecule has 1 heteroatoms. The molecule has 0 amide bonds. The van der Waals surface area contributed by atoms with Crippen LogP contribution in [0.2, 0.25) is 0 Å². The summed E-state index contributed by atoms with van der Waals surface area (Å²) < 4.78 is 0. The molecular formula is C14H17N. The number of benzene rings is 1. The number of terminal acetylenes is 1. The van der Waals surface area contributed by atoms with Crippen molar-refractivity contribution in [1.82, 2.24) is 4.90 Å². The molecule has 0 N–H and O–H groups in total. The summed E-state index contributed by atoms with van der Waals surface area (Å²) in [5.74, 6) is 2.64. The Kier molecular flexibility index (Phi) is 4.15. The van der Waals surface area contributed by atoms with Crippen LogP contribution in [0.3, 0.4) is 0 Å². The van der Waals surface area contributed by atoms with Crippen LogP contribution in [0.1, 0.15) is 12.5 Å². The first kappa shape index (κ1) is 11.6. The Bertz CT molecular complexity index is 359. The lowest BCUT2D eigenvalue weighted by atomic mass is 10.0. The molecule has 0 saturated carbocycles. The van der Waals surface area contributed by atoms with Gasteiger partial charge in [0, 0.05) is 6.04 Å². The fourth-order valence-electron chi connectivity index (χ4n) is 1.44. The second kappa shape index (κ2) is 5.38. The van der Waals surface area contributed by atoms with Crippen LogP contribution in [0.5, 0.6) is 0 Å². The SMILES string of the molecule is C#CCN(C)C(C)C(=C)c1ccccc1. The molecule has 0 heterocycles. The van der Waals surface area contributed by atoms with Crippen LogP contribution in [-0.2, 0) is 0 Å². The monoisotopic (exact) mass is 199 g/mol. The zero-order valence-electron chi connectivity index (χ0n) is 9.40. The third kappa shape index (κ3) is 2.97. The Hall–Kier alpha value is -1.52. The van der Waals surface area contributed by atoms with Crippen molar-refractivity contribution in [3.63, 3.8) is 0 Å². The average molecular weight is 199 g/mol. The van der Waals surface area contributed by atoms with E-state index in [-0.39, 0.29) is 6.04 Å². The lowest BCUT2D eigenvalue weighted by Gasteiger charge is -2.24. The first-order chi connectivity index (χ1) is 7.16. The average Bonchev–Trinajstić information content (AvgIpc) is 2.28. The van der Waals surface area contributed by atoms with Crippen molar-refractivity contribution >= 4 is 5.57 Å². The molecule has 0 aliphatic heterocycles. The third-order valence-corrected chi connectivity index (χ3v) is 2.65. The maximum absolute atomic E-state index is 5.28. The van der Waals surface area contributed by atoms with Crippen LogP contribution in [0, 0.1) is 12.3 Å². The smallest absolute Gasteiger partial charge is 0.0601 e. The Morgan fingerprint density at radius 1 is 1.47 bits per heavy atom. The van der Waals surface area contributed by atoms with Gasteiger partial charge < -0.3 is 0 Å². The Labute approximate surface area is 92.4 Å². The van der Waals surface area contributed by atoms with Gasteiger partial charge in [0.2, 0.25) is 0 Å². The first-order valence-corrected chi connectivity index (χ1v) is 5.04. The van der Waals surface area contributed by atoms with Crippen molar-refractivity contribution in [3.05, 3.63) is 42.5 Å². The number of nitrogens with zero attached hydrogens (tertiary/aromatic N) is 1. The summed E-state index contributed by atoms with van der Waals surface area (Å²) in [7, 11) is 2.01. The summed E-state index contributed by atoms with van der Waals surface area (Å²) in [5.41, 5.74) is 2.28. The highest BCUT2D eigenvalue weighted by Gasteiger charge is 2.12. The molecule has 0 aliphatic carbocycles. The second-order valence-electron chi connectivity index (χ2n) is 3.69. The zero-order valence-corrected chi connectivity index (χ0v) is 9.40. The van der Waals surface area contributed by atoms with E-state index in [4.69, 9.17) is 6.42 Å². The Morgan fingerprint density at radius 3 is 2.60 bits per heavy atom. The second-order valence-corrected chi connectivity index (χ2v) is 3.69. The Balaban J connectivity index is 2.74. The minimum Gasteiger partial charge on any atom is -0.289 e. The minimum absolute atomic E-state index is 0.267. The maximum Gasteiger partial charge on any atom is 0.0601 e. The lowest BCUT2D eigenvalue weighted by Crippen LogP contribution is -2.30. The van der Waals surface area contributed by atoms with E-state index < -0.39 is 0 Å². The van der Waals surface area contributed by atoms with Crippen molar-refractivity contribution in [2.75, 3.05) is 13.6 Å². The molecule has 15 heavy (non-hydrogen) atoms. The van der Waals surface area contributed by atoms with Crippen LogP contribution < -0.4 is 0 Å². The summed E-state index contributed by atoms with van der Waals surface area (Å²) >= 11 is 0. The van der Waals surface area contributed by atoms with Gasteiger partial charge in [0.05, 0.1) is 6.54 Å². The quantitative estimate of drug-likeness (QED) is 0.674. The van der Waals surface area contributed by atoms with Gasteiger partial charge in [0.25, 0.3) is 0 Å². The van der Waals surface area contributed by atoms with Gasteiger partial charge in [-0.05, 0) is 25.1 Å². The molecule has 0 bridgehead atoms. The van der Waals surface area contributed by atoms with E-state index in [0.29, 0.717) is 6.54 Å². The fraction of sp³-hybridized carbons (Fsp3) is 0.286. The van der Waals surface area contributed by atoms with Crippen molar-refractivity contribution in [2.45, 2.75) is 13.0 Å². The summed E-state index contributed by atoms with van der Waals surface area (Å²) in [6.45, 7) is 6.88.